The zero-order valence-corrected chi connectivity index (χ0v) is 13.8. The first-order valence-corrected chi connectivity index (χ1v) is 8.44. The summed E-state index contributed by atoms with van der Waals surface area (Å²) in [7, 11) is 0. The topological polar surface area (TPSA) is 38.7 Å². The number of aliphatic hydroxyl groups excluding tert-OH is 1. The van der Waals surface area contributed by atoms with Crippen LogP contribution in [0.1, 0.15) is 17.5 Å². The summed E-state index contributed by atoms with van der Waals surface area (Å²) in [5.74, 6) is 0.127. The van der Waals surface area contributed by atoms with E-state index in [9.17, 15) is 5.11 Å². The minimum Gasteiger partial charge on any atom is -0.392 e. The summed E-state index contributed by atoms with van der Waals surface area (Å²) >= 11 is 0. The Morgan fingerprint density at radius 1 is 0.875 bits per heavy atom. The molecular weight excluding hydrogens is 300 g/mol. The molecule has 24 heavy (non-hydrogen) atoms. The van der Waals surface area contributed by atoms with Crippen molar-refractivity contribution in [3.05, 3.63) is 83.4 Å². The van der Waals surface area contributed by atoms with Crippen molar-refractivity contribution in [2.75, 3.05) is 13.2 Å². The van der Waals surface area contributed by atoms with Gasteiger partial charge < -0.3 is 14.6 Å². The summed E-state index contributed by atoms with van der Waals surface area (Å²) in [6.07, 6.45) is 3.00. The summed E-state index contributed by atoms with van der Waals surface area (Å²) in [6, 6.07) is 20.3. The van der Waals surface area contributed by atoms with Crippen LogP contribution in [0.5, 0.6) is 0 Å². The van der Waals surface area contributed by atoms with Gasteiger partial charge in [-0.05, 0) is 23.1 Å². The summed E-state index contributed by atoms with van der Waals surface area (Å²) in [5.41, 5.74) is 3.35. The molecule has 1 N–H and O–H groups in total. The lowest BCUT2D eigenvalue weighted by Crippen LogP contribution is -2.26. The third kappa shape index (κ3) is 4.54. The Hall–Kier alpha value is -1.94. The van der Waals surface area contributed by atoms with Crippen LogP contribution in [0.25, 0.3) is 0 Å². The van der Waals surface area contributed by atoms with Crippen LogP contribution in [0.4, 0.5) is 0 Å². The molecule has 126 valence electrons. The van der Waals surface area contributed by atoms with Gasteiger partial charge in [-0.3, -0.25) is 0 Å². The monoisotopic (exact) mass is 324 g/mol. The van der Waals surface area contributed by atoms with Crippen LogP contribution >= 0.6 is 0 Å². The number of aliphatic hydroxyl groups is 1. The van der Waals surface area contributed by atoms with Gasteiger partial charge in [0.05, 0.1) is 32.5 Å². The number of hydrogen-bond acceptors (Lipinski definition) is 3. The van der Waals surface area contributed by atoms with Gasteiger partial charge in [0.1, 0.15) is 0 Å². The van der Waals surface area contributed by atoms with Gasteiger partial charge in [0.15, 0.2) is 0 Å². The normalized spacial score (nSPS) is 20.1. The van der Waals surface area contributed by atoms with Gasteiger partial charge in [-0.25, -0.2) is 0 Å². The van der Waals surface area contributed by atoms with Crippen molar-refractivity contribution in [2.45, 2.75) is 25.7 Å². The maximum atomic E-state index is 9.58. The molecule has 1 aliphatic rings. The molecule has 1 aliphatic carbocycles. The molecule has 3 nitrogen and oxygen atoms in total. The maximum Gasteiger partial charge on any atom is 0.0721 e. The quantitative estimate of drug-likeness (QED) is 0.752. The first-order chi connectivity index (χ1) is 11.9. The fraction of sp³-hybridized carbons (Fsp3) is 0.333. The van der Waals surface area contributed by atoms with Crippen LogP contribution in [0.15, 0.2) is 72.3 Å². The average molecular weight is 324 g/mol. The van der Waals surface area contributed by atoms with E-state index in [2.05, 4.69) is 30.3 Å². The molecule has 3 heteroatoms. The fourth-order valence-electron chi connectivity index (χ4n) is 3.06. The van der Waals surface area contributed by atoms with E-state index in [1.54, 1.807) is 0 Å². The highest BCUT2D eigenvalue weighted by atomic mass is 16.5. The van der Waals surface area contributed by atoms with Gasteiger partial charge in [-0.15, -0.1) is 0 Å². The lowest BCUT2D eigenvalue weighted by atomic mass is 10.0. The van der Waals surface area contributed by atoms with Crippen molar-refractivity contribution >= 4 is 0 Å². The summed E-state index contributed by atoms with van der Waals surface area (Å²) in [6.45, 7) is 1.82. The molecule has 3 rings (SSSR count). The van der Waals surface area contributed by atoms with Gasteiger partial charge in [0.25, 0.3) is 0 Å². The summed E-state index contributed by atoms with van der Waals surface area (Å²) in [4.78, 5) is 0. The van der Waals surface area contributed by atoms with Crippen LogP contribution in [0, 0.1) is 5.92 Å². The molecule has 0 heterocycles. The standard InChI is InChI=1S/C21H24O3/c22-13-19-11-12-21(24-15-18-9-5-2-6-10-18)20(19)16-23-14-17-7-3-1-4-8-17/h1-11,20-22H,12-16H2/t20-,21?/m0/s1. The van der Waals surface area contributed by atoms with Gasteiger partial charge in [0.2, 0.25) is 0 Å². The first-order valence-electron chi connectivity index (χ1n) is 8.44. The fourth-order valence-corrected chi connectivity index (χ4v) is 3.06. The highest BCUT2D eigenvalue weighted by molar-refractivity contribution is 5.18. The van der Waals surface area contributed by atoms with Crippen LogP contribution in [0.3, 0.4) is 0 Å². The summed E-state index contributed by atoms with van der Waals surface area (Å²) in [5, 5.41) is 9.58. The number of ether oxygens (including phenoxy) is 2. The Kier molecular flexibility index (Phi) is 6.19. The molecule has 0 saturated carbocycles. The Morgan fingerprint density at radius 3 is 2.12 bits per heavy atom. The molecule has 0 spiro atoms. The summed E-state index contributed by atoms with van der Waals surface area (Å²) < 4.78 is 12.0. The molecule has 2 aromatic carbocycles. The molecule has 0 aromatic heterocycles. The second kappa shape index (κ2) is 8.78. The van der Waals surface area contributed by atoms with E-state index in [1.165, 1.54) is 5.56 Å². The zero-order chi connectivity index (χ0) is 16.6. The average Bonchev–Trinajstić information content (AvgIpc) is 3.04. The Bertz CT molecular complexity index is 637. The van der Waals surface area contributed by atoms with Crippen molar-refractivity contribution in [1.82, 2.24) is 0 Å². The van der Waals surface area contributed by atoms with E-state index in [4.69, 9.17) is 9.47 Å². The predicted molar refractivity (Wildman–Crippen MR) is 94.4 cm³/mol. The molecular formula is C21H24O3. The minimum atomic E-state index is 0.0723. The lowest BCUT2D eigenvalue weighted by molar-refractivity contribution is -0.0155. The van der Waals surface area contributed by atoms with E-state index >= 15 is 0 Å². The van der Waals surface area contributed by atoms with E-state index in [0.717, 1.165) is 17.6 Å². The molecule has 2 atom stereocenters. The predicted octanol–water partition coefficient (Wildman–Crippen LogP) is 3.73. The SMILES string of the molecule is OCC1=CCC(OCc2ccccc2)[C@H]1COCc1ccccc1. The van der Waals surface area contributed by atoms with E-state index in [0.29, 0.717) is 19.8 Å². The molecule has 0 bridgehead atoms. The van der Waals surface area contributed by atoms with Crippen LogP contribution < -0.4 is 0 Å². The van der Waals surface area contributed by atoms with Gasteiger partial charge in [-0.1, -0.05) is 66.7 Å². The van der Waals surface area contributed by atoms with Crippen LogP contribution in [0.2, 0.25) is 0 Å². The number of rotatable bonds is 8. The van der Waals surface area contributed by atoms with Crippen molar-refractivity contribution in [3.8, 4) is 0 Å². The smallest absolute Gasteiger partial charge is 0.0721 e. The second-order valence-electron chi connectivity index (χ2n) is 6.12. The molecule has 0 saturated heterocycles. The van der Waals surface area contributed by atoms with Crippen LogP contribution in [-0.2, 0) is 22.7 Å². The highest BCUT2D eigenvalue weighted by Crippen LogP contribution is 2.29. The van der Waals surface area contributed by atoms with Crippen molar-refractivity contribution in [3.63, 3.8) is 0 Å². The Balaban J connectivity index is 1.52. The van der Waals surface area contributed by atoms with Gasteiger partial charge in [-0.2, -0.15) is 0 Å². The highest BCUT2D eigenvalue weighted by Gasteiger charge is 2.30. The zero-order valence-electron chi connectivity index (χ0n) is 13.8. The lowest BCUT2D eigenvalue weighted by Gasteiger charge is -2.23. The maximum absolute atomic E-state index is 9.58. The molecule has 0 radical (unpaired) electrons. The van der Waals surface area contributed by atoms with Crippen molar-refractivity contribution in [1.29, 1.82) is 0 Å². The van der Waals surface area contributed by atoms with Crippen molar-refractivity contribution < 1.29 is 14.6 Å². The molecule has 0 aliphatic heterocycles. The van der Waals surface area contributed by atoms with E-state index in [1.807, 2.05) is 36.4 Å². The van der Waals surface area contributed by atoms with E-state index in [-0.39, 0.29) is 18.6 Å². The van der Waals surface area contributed by atoms with Crippen molar-refractivity contribution in [2.24, 2.45) is 5.92 Å². The molecule has 2 aromatic rings. The molecule has 0 amide bonds. The third-order valence-corrected chi connectivity index (χ3v) is 4.44. The minimum absolute atomic E-state index is 0.0723. The Labute approximate surface area is 143 Å². The number of benzene rings is 2. The van der Waals surface area contributed by atoms with Gasteiger partial charge in [0, 0.05) is 5.92 Å². The largest absolute Gasteiger partial charge is 0.392 e. The van der Waals surface area contributed by atoms with Gasteiger partial charge >= 0.3 is 0 Å². The molecule has 0 fully saturated rings. The Morgan fingerprint density at radius 2 is 1.50 bits per heavy atom. The number of hydrogen-bond donors (Lipinski definition) is 1. The first kappa shape index (κ1) is 16.9. The van der Waals surface area contributed by atoms with Crippen LogP contribution in [-0.4, -0.2) is 24.4 Å². The second-order valence-corrected chi connectivity index (χ2v) is 6.12. The third-order valence-electron chi connectivity index (χ3n) is 4.44. The molecule has 1 unspecified atom stereocenters. The van der Waals surface area contributed by atoms with E-state index < -0.39 is 0 Å².